The van der Waals surface area contributed by atoms with Gasteiger partial charge in [-0.2, -0.15) is 9.98 Å². The highest BCUT2D eigenvalue weighted by atomic mass is 32.2. The van der Waals surface area contributed by atoms with Crippen LogP contribution < -0.4 is 4.72 Å². The number of nitriles is 1. The fourth-order valence-electron chi connectivity index (χ4n) is 1.57. The average molecular weight is 302 g/mol. The van der Waals surface area contributed by atoms with Gasteiger partial charge in [-0.15, -0.1) is 11.3 Å². The van der Waals surface area contributed by atoms with Crippen LogP contribution in [0.2, 0.25) is 0 Å². The molecule has 19 heavy (non-hydrogen) atoms. The molecule has 104 valence electrons. The number of thiophene rings is 1. The lowest BCUT2D eigenvalue weighted by molar-refractivity contribution is -0.144. The minimum atomic E-state index is -3.94. The third kappa shape index (κ3) is 3.12. The van der Waals surface area contributed by atoms with Gasteiger partial charge in [0.1, 0.15) is 20.7 Å². The number of carboxylic acid groups (broad SMARTS) is 1. The van der Waals surface area contributed by atoms with Crippen molar-refractivity contribution >= 4 is 27.3 Å². The highest BCUT2D eigenvalue weighted by Crippen LogP contribution is 2.24. The Morgan fingerprint density at radius 2 is 2.05 bits per heavy atom. The molecule has 0 aliphatic carbocycles. The second-order valence-electron chi connectivity index (χ2n) is 3.93. The first-order valence-corrected chi connectivity index (χ1v) is 7.88. The minimum absolute atomic E-state index is 0.0587. The van der Waals surface area contributed by atoms with Crippen molar-refractivity contribution in [1.29, 1.82) is 5.26 Å². The molecule has 0 saturated heterocycles. The molecular formula is C11H14N2O4S2. The molecule has 1 rings (SSSR count). The molecule has 0 unspecified atom stereocenters. The van der Waals surface area contributed by atoms with Crippen LogP contribution in [0, 0.1) is 11.3 Å². The smallest absolute Gasteiger partial charge is 0.324 e. The van der Waals surface area contributed by atoms with Crippen LogP contribution in [0.5, 0.6) is 0 Å². The number of rotatable bonds is 6. The predicted molar refractivity (Wildman–Crippen MR) is 70.3 cm³/mol. The number of nitrogens with one attached hydrogen (secondary N) is 1. The monoisotopic (exact) mass is 302 g/mol. The molecular weight excluding hydrogens is 288 g/mol. The third-order valence-corrected chi connectivity index (χ3v) is 5.92. The summed E-state index contributed by atoms with van der Waals surface area (Å²) in [5, 5.41) is 17.9. The van der Waals surface area contributed by atoms with E-state index < -0.39 is 21.5 Å². The molecule has 0 atom stereocenters. The van der Waals surface area contributed by atoms with Gasteiger partial charge in [-0.05, 0) is 25.0 Å². The molecule has 6 nitrogen and oxygen atoms in total. The lowest BCUT2D eigenvalue weighted by Crippen LogP contribution is -2.53. The molecule has 0 fully saturated rings. The normalized spacial score (nSPS) is 12.1. The first-order valence-electron chi connectivity index (χ1n) is 5.58. The summed E-state index contributed by atoms with van der Waals surface area (Å²) >= 11 is 0.809. The molecule has 0 bridgehead atoms. The SMILES string of the molecule is CCC(CC)(NS(=O)(=O)c1ccc(C#N)s1)C(=O)O. The van der Waals surface area contributed by atoms with Crippen molar-refractivity contribution in [2.24, 2.45) is 0 Å². The first-order chi connectivity index (χ1) is 8.81. The molecule has 0 radical (unpaired) electrons. The lowest BCUT2D eigenvalue weighted by Gasteiger charge is -2.27. The highest BCUT2D eigenvalue weighted by molar-refractivity contribution is 7.91. The number of aliphatic carboxylic acids is 1. The summed E-state index contributed by atoms with van der Waals surface area (Å²) in [6.45, 7) is 3.21. The molecule has 0 aromatic carbocycles. The molecule has 2 N–H and O–H groups in total. The number of hydrogen-bond donors (Lipinski definition) is 2. The van der Waals surface area contributed by atoms with Crippen LogP contribution in [0.25, 0.3) is 0 Å². The fourth-order valence-corrected chi connectivity index (χ4v) is 4.18. The van der Waals surface area contributed by atoms with Crippen LogP contribution in [0.4, 0.5) is 0 Å². The second kappa shape index (κ2) is 5.69. The third-order valence-electron chi connectivity index (χ3n) is 2.90. The van der Waals surface area contributed by atoms with E-state index in [4.69, 9.17) is 5.26 Å². The minimum Gasteiger partial charge on any atom is -0.480 e. The van der Waals surface area contributed by atoms with E-state index in [0.717, 1.165) is 11.3 Å². The van der Waals surface area contributed by atoms with Crippen molar-refractivity contribution in [3.63, 3.8) is 0 Å². The molecule has 0 aliphatic rings. The zero-order valence-electron chi connectivity index (χ0n) is 10.5. The van der Waals surface area contributed by atoms with Gasteiger partial charge in [-0.25, -0.2) is 8.42 Å². The number of carboxylic acids is 1. The largest absolute Gasteiger partial charge is 0.480 e. The van der Waals surface area contributed by atoms with Gasteiger partial charge in [0.25, 0.3) is 10.0 Å². The zero-order valence-corrected chi connectivity index (χ0v) is 12.1. The number of hydrogen-bond acceptors (Lipinski definition) is 5. The van der Waals surface area contributed by atoms with Gasteiger partial charge in [-0.3, -0.25) is 4.79 Å². The van der Waals surface area contributed by atoms with Crippen molar-refractivity contribution in [2.75, 3.05) is 0 Å². The topological polar surface area (TPSA) is 107 Å². The van der Waals surface area contributed by atoms with Crippen molar-refractivity contribution in [3.05, 3.63) is 17.0 Å². The Morgan fingerprint density at radius 1 is 1.47 bits per heavy atom. The second-order valence-corrected chi connectivity index (χ2v) is 6.92. The number of sulfonamides is 1. The Bertz CT molecular complexity index is 609. The van der Waals surface area contributed by atoms with Gasteiger partial charge in [0, 0.05) is 0 Å². The number of nitrogens with zero attached hydrogens (tertiary/aromatic N) is 1. The maximum Gasteiger partial charge on any atom is 0.324 e. The van der Waals surface area contributed by atoms with E-state index in [2.05, 4.69) is 4.72 Å². The maximum absolute atomic E-state index is 12.1. The maximum atomic E-state index is 12.1. The Balaban J connectivity index is 3.15. The van der Waals surface area contributed by atoms with Crippen molar-refractivity contribution in [3.8, 4) is 6.07 Å². The molecule has 0 saturated carbocycles. The van der Waals surface area contributed by atoms with Gasteiger partial charge in [-0.1, -0.05) is 13.8 Å². The molecule has 0 spiro atoms. The number of carbonyl (C=O) groups is 1. The Kier molecular flexibility index (Phi) is 4.68. The Hall–Kier alpha value is -1.43. The highest BCUT2D eigenvalue weighted by Gasteiger charge is 2.39. The van der Waals surface area contributed by atoms with Crippen molar-refractivity contribution in [1.82, 2.24) is 4.72 Å². The Morgan fingerprint density at radius 3 is 2.42 bits per heavy atom. The quantitative estimate of drug-likeness (QED) is 0.828. The summed E-state index contributed by atoms with van der Waals surface area (Å²) in [4.78, 5) is 11.5. The van der Waals surface area contributed by atoms with Crippen LogP contribution in [0.1, 0.15) is 31.6 Å². The first kappa shape index (κ1) is 15.6. The standard InChI is InChI=1S/C11H14N2O4S2/c1-3-11(4-2,10(14)15)13-19(16,17)9-6-5-8(7-12)18-9/h5-6,13H,3-4H2,1-2H3,(H,14,15). The Labute approximate surface area is 115 Å². The van der Waals surface area contributed by atoms with E-state index in [1.54, 1.807) is 13.8 Å². The summed E-state index contributed by atoms with van der Waals surface area (Å²) in [5.41, 5.74) is -1.52. The van der Waals surface area contributed by atoms with Crippen LogP contribution >= 0.6 is 11.3 Å². The molecule has 1 aromatic heterocycles. The summed E-state index contributed by atoms with van der Waals surface area (Å²) in [6.07, 6.45) is 0.267. The summed E-state index contributed by atoms with van der Waals surface area (Å²) in [5.74, 6) is -1.21. The summed E-state index contributed by atoms with van der Waals surface area (Å²) < 4.78 is 26.4. The van der Waals surface area contributed by atoms with E-state index in [9.17, 15) is 18.3 Å². The predicted octanol–water partition coefficient (Wildman–Crippen LogP) is 1.54. The zero-order chi connectivity index (χ0) is 14.7. The molecule has 1 heterocycles. The molecule has 0 amide bonds. The van der Waals surface area contributed by atoms with Crippen molar-refractivity contribution in [2.45, 2.75) is 36.4 Å². The van der Waals surface area contributed by atoms with Gasteiger partial charge in [0.05, 0.1) is 0 Å². The van der Waals surface area contributed by atoms with Gasteiger partial charge in [0.2, 0.25) is 0 Å². The van der Waals surface area contributed by atoms with E-state index >= 15 is 0 Å². The van der Waals surface area contributed by atoms with Gasteiger partial charge < -0.3 is 5.11 Å². The lowest BCUT2D eigenvalue weighted by atomic mass is 9.95. The van der Waals surface area contributed by atoms with E-state index in [1.807, 2.05) is 6.07 Å². The summed E-state index contributed by atoms with van der Waals surface area (Å²) in [6, 6.07) is 4.53. The summed E-state index contributed by atoms with van der Waals surface area (Å²) in [7, 11) is -3.94. The van der Waals surface area contributed by atoms with Gasteiger partial charge in [0.15, 0.2) is 0 Å². The molecule has 0 aliphatic heterocycles. The van der Waals surface area contributed by atoms with Crippen LogP contribution in [0.15, 0.2) is 16.3 Å². The average Bonchev–Trinajstić information content (AvgIpc) is 2.85. The van der Waals surface area contributed by atoms with Crippen molar-refractivity contribution < 1.29 is 18.3 Å². The molecule has 8 heteroatoms. The molecule has 1 aromatic rings. The van der Waals surface area contributed by atoms with E-state index in [-0.39, 0.29) is 21.9 Å². The van der Waals surface area contributed by atoms with Crippen LogP contribution in [0.3, 0.4) is 0 Å². The van der Waals surface area contributed by atoms with E-state index in [0.29, 0.717) is 0 Å². The van der Waals surface area contributed by atoms with E-state index in [1.165, 1.54) is 12.1 Å². The van der Waals surface area contributed by atoms with Crippen LogP contribution in [-0.4, -0.2) is 25.0 Å². The van der Waals surface area contributed by atoms with Crippen LogP contribution in [-0.2, 0) is 14.8 Å². The van der Waals surface area contributed by atoms with Gasteiger partial charge >= 0.3 is 5.97 Å². The fraction of sp³-hybridized carbons (Fsp3) is 0.455.